The molecule has 0 aliphatic carbocycles. The van der Waals surface area contributed by atoms with Crippen molar-refractivity contribution in [2.45, 2.75) is 19.8 Å². The van der Waals surface area contributed by atoms with E-state index < -0.39 is 5.91 Å². The molecule has 0 aliphatic rings. The first-order chi connectivity index (χ1) is 11.1. The van der Waals surface area contributed by atoms with Crippen molar-refractivity contribution in [2.75, 3.05) is 0 Å². The first-order valence-electron chi connectivity index (χ1n) is 7.25. The molecule has 1 aromatic carbocycles. The second kappa shape index (κ2) is 6.39. The number of carbonyl (C=O) groups excluding carboxylic acids is 2. The van der Waals surface area contributed by atoms with Crippen LogP contribution in [0.25, 0.3) is 11.0 Å². The summed E-state index contributed by atoms with van der Waals surface area (Å²) in [6, 6.07) is 10.9. The number of nitrogens with one attached hydrogen (secondary N) is 2. The predicted molar refractivity (Wildman–Crippen MR) is 83.6 cm³/mol. The van der Waals surface area contributed by atoms with Gasteiger partial charge in [0.1, 0.15) is 11.3 Å². The van der Waals surface area contributed by atoms with E-state index in [1.807, 2.05) is 18.2 Å². The normalized spacial score (nSPS) is 10.7. The molecule has 0 radical (unpaired) electrons. The minimum atomic E-state index is -0.481. The predicted octanol–water partition coefficient (Wildman–Crippen LogP) is 2.73. The standard InChI is InChI=1S/C17H16N2O4/c1-11-13-6-2-3-7-14(13)23-16(11)17(21)19-18-15(20)9-8-12-5-4-10-22-12/h2-7,10H,8-9H2,1H3,(H,18,20)(H,19,21). The van der Waals surface area contributed by atoms with Gasteiger partial charge in [-0.3, -0.25) is 20.4 Å². The molecule has 0 unspecified atom stereocenters. The van der Waals surface area contributed by atoms with E-state index in [-0.39, 0.29) is 18.1 Å². The number of fused-ring (bicyclic) bond motifs is 1. The van der Waals surface area contributed by atoms with Gasteiger partial charge < -0.3 is 8.83 Å². The summed E-state index contributed by atoms with van der Waals surface area (Å²) in [4.78, 5) is 23.9. The Morgan fingerprint density at radius 1 is 1.09 bits per heavy atom. The smallest absolute Gasteiger partial charge is 0.305 e. The average molecular weight is 312 g/mol. The van der Waals surface area contributed by atoms with E-state index in [0.717, 1.165) is 16.7 Å². The minimum absolute atomic E-state index is 0.192. The first-order valence-corrected chi connectivity index (χ1v) is 7.25. The Morgan fingerprint density at radius 2 is 1.91 bits per heavy atom. The van der Waals surface area contributed by atoms with Gasteiger partial charge in [-0.1, -0.05) is 18.2 Å². The molecule has 0 bridgehead atoms. The van der Waals surface area contributed by atoms with Gasteiger partial charge in [0.2, 0.25) is 5.91 Å². The zero-order valence-corrected chi connectivity index (χ0v) is 12.6. The van der Waals surface area contributed by atoms with Crippen LogP contribution in [0.4, 0.5) is 0 Å². The van der Waals surface area contributed by atoms with Crippen LogP contribution in [0.3, 0.4) is 0 Å². The summed E-state index contributed by atoms with van der Waals surface area (Å²) in [6.07, 6.45) is 2.24. The number of furan rings is 2. The highest BCUT2D eigenvalue weighted by molar-refractivity contribution is 5.99. The van der Waals surface area contributed by atoms with Crippen LogP contribution in [-0.4, -0.2) is 11.8 Å². The van der Waals surface area contributed by atoms with Gasteiger partial charge in [0.05, 0.1) is 6.26 Å². The number of benzene rings is 1. The number of hydrogen-bond donors (Lipinski definition) is 2. The number of aryl methyl sites for hydroxylation is 2. The largest absolute Gasteiger partial charge is 0.469 e. The molecule has 0 atom stereocenters. The lowest BCUT2D eigenvalue weighted by atomic mass is 10.1. The SMILES string of the molecule is Cc1c(C(=O)NNC(=O)CCc2ccco2)oc2ccccc12. The molecule has 0 aliphatic heterocycles. The zero-order valence-electron chi connectivity index (χ0n) is 12.6. The van der Waals surface area contributed by atoms with Crippen LogP contribution in [0.2, 0.25) is 0 Å². The van der Waals surface area contributed by atoms with Crippen molar-refractivity contribution in [2.24, 2.45) is 0 Å². The molecule has 0 fully saturated rings. The van der Waals surface area contributed by atoms with Crippen molar-refractivity contribution in [1.82, 2.24) is 10.9 Å². The van der Waals surface area contributed by atoms with E-state index in [4.69, 9.17) is 8.83 Å². The fourth-order valence-electron chi connectivity index (χ4n) is 2.33. The van der Waals surface area contributed by atoms with Crippen molar-refractivity contribution in [3.8, 4) is 0 Å². The Bertz CT molecular complexity index is 834. The highest BCUT2D eigenvalue weighted by Crippen LogP contribution is 2.24. The van der Waals surface area contributed by atoms with Crippen molar-refractivity contribution in [3.05, 3.63) is 59.7 Å². The maximum absolute atomic E-state index is 12.1. The summed E-state index contributed by atoms with van der Waals surface area (Å²) in [5.74, 6) is 0.130. The molecule has 23 heavy (non-hydrogen) atoms. The van der Waals surface area contributed by atoms with Gasteiger partial charge in [0.25, 0.3) is 0 Å². The van der Waals surface area contributed by atoms with E-state index in [9.17, 15) is 9.59 Å². The third-order valence-electron chi connectivity index (χ3n) is 3.54. The number of para-hydroxylation sites is 1. The summed E-state index contributed by atoms with van der Waals surface area (Å²) in [7, 11) is 0. The molecule has 2 heterocycles. The van der Waals surface area contributed by atoms with Crippen molar-refractivity contribution in [1.29, 1.82) is 0 Å². The summed E-state index contributed by atoms with van der Waals surface area (Å²) in [6.45, 7) is 1.81. The van der Waals surface area contributed by atoms with E-state index in [1.54, 1.807) is 31.4 Å². The topological polar surface area (TPSA) is 84.5 Å². The maximum Gasteiger partial charge on any atom is 0.305 e. The Balaban J connectivity index is 1.58. The molecule has 0 spiro atoms. The number of carbonyl (C=O) groups is 2. The lowest BCUT2D eigenvalue weighted by Crippen LogP contribution is -2.41. The third kappa shape index (κ3) is 3.26. The zero-order chi connectivity index (χ0) is 16.2. The van der Waals surface area contributed by atoms with Crippen molar-refractivity contribution < 1.29 is 18.4 Å². The molecule has 3 rings (SSSR count). The Hall–Kier alpha value is -3.02. The van der Waals surface area contributed by atoms with Crippen LogP contribution in [0.15, 0.2) is 51.5 Å². The van der Waals surface area contributed by atoms with Gasteiger partial charge in [-0.2, -0.15) is 0 Å². The number of rotatable bonds is 4. The average Bonchev–Trinajstić information content (AvgIpc) is 3.19. The number of hydrogen-bond acceptors (Lipinski definition) is 4. The molecule has 3 aromatic rings. The van der Waals surface area contributed by atoms with Crippen molar-refractivity contribution in [3.63, 3.8) is 0 Å². The first kappa shape index (κ1) is 14.9. The Labute approximate surface area is 132 Å². The van der Waals surface area contributed by atoms with E-state index >= 15 is 0 Å². The maximum atomic E-state index is 12.1. The molecular formula is C17H16N2O4. The van der Waals surface area contributed by atoms with E-state index in [2.05, 4.69) is 10.9 Å². The second-order valence-electron chi connectivity index (χ2n) is 5.13. The van der Waals surface area contributed by atoms with Crippen molar-refractivity contribution >= 4 is 22.8 Å². The number of hydrazine groups is 1. The molecule has 0 saturated heterocycles. The van der Waals surface area contributed by atoms with Gasteiger partial charge >= 0.3 is 5.91 Å². The van der Waals surface area contributed by atoms with Crippen LogP contribution in [0, 0.1) is 6.92 Å². The summed E-state index contributed by atoms with van der Waals surface area (Å²) < 4.78 is 10.7. The lowest BCUT2D eigenvalue weighted by molar-refractivity contribution is -0.121. The molecule has 2 aromatic heterocycles. The van der Waals surface area contributed by atoms with E-state index in [0.29, 0.717) is 12.0 Å². The fraction of sp³-hybridized carbons (Fsp3) is 0.176. The highest BCUT2D eigenvalue weighted by Gasteiger charge is 2.17. The second-order valence-corrected chi connectivity index (χ2v) is 5.13. The van der Waals surface area contributed by atoms with Gasteiger partial charge in [-0.05, 0) is 25.1 Å². The molecule has 118 valence electrons. The monoisotopic (exact) mass is 312 g/mol. The van der Waals surface area contributed by atoms with Crippen LogP contribution in [0.1, 0.15) is 28.3 Å². The van der Waals surface area contributed by atoms with Crippen LogP contribution in [-0.2, 0) is 11.2 Å². The fourth-order valence-corrected chi connectivity index (χ4v) is 2.33. The molecule has 6 heteroatoms. The lowest BCUT2D eigenvalue weighted by Gasteiger charge is -2.05. The molecule has 2 N–H and O–H groups in total. The molecular weight excluding hydrogens is 296 g/mol. The number of amides is 2. The summed E-state index contributed by atoms with van der Waals surface area (Å²) in [5, 5.41) is 0.877. The highest BCUT2D eigenvalue weighted by atomic mass is 16.3. The van der Waals surface area contributed by atoms with Gasteiger partial charge in [-0.25, -0.2) is 0 Å². The summed E-state index contributed by atoms with van der Waals surface area (Å²) >= 11 is 0. The van der Waals surface area contributed by atoms with Gasteiger partial charge in [-0.15, -0.1) is 0 Å². The molecule has 2 amide bonds. The van der Waals surface area contributed by atoms with Gasteiger partial charge in [0, 0.05) is 23.8 Å². The third-order valence-corrected chi connectivity index (χ3v) is 3.54. The van der Waals surface area contributed by atoms with Gasteiger partial charge in [0.15, 0.2) is 5.76 Å². The quantitative estimate of drug-likeness (QED) is 0.725. The molecule has 6 nitrogen and oxygen atoms in total. The Kier molecular flexibility index (Phi) is 4.14. The van der Waals surface area contributed by atoms with Crippen LogP contribution < -0.4 is 10.9 Å². The minimum Gasteiger partial charge on any atom is -0.469 e. The Morgan fingerprint density at radius 3 is 2.65 bits per heavy atom. The van der Waals surface area contributed by atoms with E-state index in [1.165, 1.54) is 0 Å². The summed E-state index contributed by atoms with van der Waals surface area (Å²) in [5.41, 5.74) is 6.12. The van der Waals surface area contributed by atoms with Crippen LogP contribution >= 0.6 is 0 Å². The van der Waals surface area contributed by atoms with Crippen LogP contribution in [0.5, 0.6) is 0 Å². The molecule has 0 saturated carbocycles.